The van der Waals surface area contributed by atoms with Crippen molar-refractivity contribution in [2.45, 2.75) is 132 Å². The maximum absolute atomic E-state index is 14.8. The number of rotatable bonds is 4. The molecule has 4 heterocycles. The van der Waals surface area contributed by atoms with E-state index >= 15 is 0 Å². The van der Waals surface area contributed by atoms with Crippen LogP contribution in [-0.4, -0.2) is 147 Å². The van der Waals surface area contributed by atoms with Gasteiger partial charge in [-0.05, 0) is 117 Å². The van der Waals surface area contributed by atoms with Crippen molar-refractivity contribution in [2.24, 2.45) is 0 Å². The number of aromatic hydroxyl groups is 1. The fourth-order valence-corrected chi connectivity index (χ4v) is 12.2. The lowest BCUT2D eigenvalue weighted by Crippen LogP contribution is -2.62. The molecule has 4 aromatic carbocycles. The Labute approximate surface area is 512 Å². The number of hydrogen-bond acceptors (Lipinski definition) is 13. The van der Waals surface area contributed by atoms with Crippen molar-refractivity contribution < 1.29 is 57.4 Å². The molecule has 0 aliphatic carbocycles. The highest BCUT2D eigenvalue weighted by Gasteiger charge is 2.47. The number of aromatic nitrogens is 1. The second-order valence-electron chi connectivity index (χ2n) is 22.2. The minimum Gasteiger partial charge on any atom is -0.508 e. The smallest absolute Gasteiger partial charge is 0.246 e. The highest BCUT2D eigenvalue weighted by Crippen LogP contribution is 2.31. The summed E-state index contributed by atoms with van der Waals surface area (Å²) in [5, 5.41) is 32.6. The number of hydrogen-bond donors (Lipinski definition) is 10. The number of phenolic OH excluding ortho intramolecular Hbond substituents is 1. The lowest BCUT2D eigenvalue weighted by atomic mass is 9.95. The van der Waals surface area contributed by atoms with Crippen LogP contribution in [0.2, 0.25) is 0 Å². The number of nitrogens with zero attached hydrogens (tertiary/aromatic N) is 1. The van der Waals surface area contributed by atoms with Crippen LogP contribution in [0, 0.1) is 5.82 Å². The third kappa shape index (κ3) is 17.9. The third-order valence-electron chi connectivity index (χ3n) is 15.5. The molecule has 5 aromatic rings. The molecular formula is C63H75FN10O11S2. The molecular weight excluding hydrogens is 1160 g/mol. The van der Waals surface area contributed by atoms with Gasteiger partial charge in [0, 0.05) is 78.9 Å². The van der Waals surface area contributed by atoms with E-state index in [1.807, 2.05) is 18.2 Å². The largest absolute Gasteiger partial charge is 0.508 e. The van der Waals surface area contributed by atoms with E-state index in [-0.39, 0.29) is 62.8 Å². The average Bonchev–Trinajstić information content (AvgIpc) is 2.25. The zero-order chi connectivity index (χ0) is 62.2. The summed E-state index contributed by atoms with van der Waals surface area (Å²) in [5.41, 5.74) is 2.96. The van der Waals surface area contributed by atoms with Gasteiger partial charge in [-0.15, -0.1) is 0 Å². The first-order valence-electron chi connectivity index (χ1n) is 29.1. The zero-order valence-corrected chi connectivity index (χ0v) is 50.6. The van der Waals surface area contributed by atoms with Gasteiger partial charge in [0.15, 0.2) is 0 Å². The summed E-state index contributed by atoms with van der Waals surface area (Å²) in [5.74, 6) is -3.82. The van der Waals surface area contributed by atoms with Gasteiger partial charge in [0.25, 0.3) is 0 Å². The summed E-state index contributed by atoms with van der Waals surface area (Å²) in [6, 6.07) is 15.9. The molecule has 8 rings (SSSR count). The quantitative estimate of drug-likeness (QED) is 0.114. The van der Waals surface area contributed by atoms with Crippen LogP contribution in [0.3, 0.4) is 0 Å². The minimum absolute atomic E-state index is 0.00205. The van der Waals surface area contributed by atoms with Crippen molar-refractivity contribution >= 4 is 87.6 Å². The molecule has 3 aliphatic heterocycles. The first-order chi connectivity index (χ1) is 41.7. The van der Waals surface area contributed by atoms with E-state index in [1.165, 1.54) is 56.0 Å². The molecule has 1 fully saturated rings. The molecule has 24 heteroatoms. The van der Waals surface area contributed by atoms with Crippen LogP contribution in [0.25, 0.3) is 10.9 Å². The lowest BCUT2D eigenvalue weighted by Gasteiger charge is -2.36. The Hall–Kier alpha value is -8.38. The van der Waals surface area contributed by atoms with E-state index in [4.69, 9.17) is 4.74 Å². The van der Waals surface area contributed by atoms with Crippen molar-refractivity contribution in [3.8, 4) is 11.5 Å². The minimum atomic E-state index is -1.49. The molecule has 0 radical (unpaired) electrons. The predicted molar refractivity (Wildman–Crippen MR) is 329 cm³/mol. The zero-order valence-electron chi connectivity index (χ0n) is 49.0. The van der Waals surface area contributed by atoms with Crippen LogP contribution >= 0.6 is 23.5 Å². The summed E-state index contributed by atoms with van der Waals surface area (Å²) in [4.78, 5) is 133. The Morgan fingerprint density at radius 1 is 0.655 bits per heavy atom. The molecule has 21 nitrogen and oxygen atoms in total. The number of ether oxygens (including phenoxy) is 1. The normalized spacial score (nSPS) is 25.6. The molecule has 6 bridgehead atoms. The van der Waals surface area contributed by atoms with Gasteiger partial charge in [-0.25, -0.2) is 4.39 Å². The molecule has 1 aromatic heterocycles. The molecule has 87 heavy (non-hydrogen) atoms. The Morgan fingerprint density at radius 3 is 2.06 bits per heavy atom. The maximum atomic E-state index is 14.8. The number of carbonyl (C=O) groups is 9. The van der Waals surface area contributed by atoms with Gasteiger partial charge in [0.05, 0.1) is 0 Å². The van der Waals surface area contributed by atoms with Gasteiger partial charge >= 0.3 is 0 Å². The van der Waals surface area contributed by atoms with E-state index in [1.54, 1.807) is 85.2 Å². The summed E-state index contributed by atoms with van der Waals surface area (Å²) < 4.78 is 20.8. The van der Waals surface area contributed by atoms with Gasteiger partial charge in [-0.3, -0.25) is 43.2 Å². The number of amides is 9. The molecule has 9 amide bonds. The molecule has 3 aliphatic rings. The van der Waals surface area contributed by atoms with Crippen molar-refractivity contribution in [1.29, 1.82) is 0 Å². The second kappa shape index (κ2) is 30.3. The van der Waals surface area contributed by atoms with Crippen molar-refractivity contribution in [3.63, 3.8) is 0 Å². The van der Waals surface area contributed by atoms with E-state index in [0.717, 1.165) is 11.1 Å². The third-order valence-corrected chi connectivity index (χ3v) is 17.5. The number of halogens is 1. The van der Waals surface area contributed by atoms with Crippen molar-refractivity contribution in [2.75, 3.05) is 31.2 Å². The van der Waals surface area contributed by atoms with Crippen LogP contribution < -0.4 is 47.3 Å². The molecule has 0 saturated carbocycles. The van der Waals surface area contributed by atoms with Crippen LogP contribution in [0.15, 0.2) is 109 Å². The molecule has 0 spiro atoms. The van der Waals surface area contributed by atoms with Crippen LogP contribution in [0.5, 0.6) is 11.5 Å². The Bertz CT molecular complexity index is 3360. The van der Waals surface area contributed by atoms with Gasteiger partial charge < -0.3 is 62.3 Å². The first-order valence-corrected chi connectivity index (χ1v) is 31.4. The lowest BCUT2D eigenvalue weighted by molar-refractivity contribution is -0.146. The summed E-state index contributed by atoms with van der Waals surface area (Å²) >= 11 is 3.18. The van der Waals surface area contributed by atoms with Gasteiger partial charge in [0.2, 0.25) is 53.2 Å². The van der Waals surface area contributed by atoms with Gasteiger partial charge in [-0.1, -0.05) is 60.7 Å². The van der Waals surface area contributed by atoms with E-state index in [2.05, 4.69) is 53.6 Å². The second-order valence-corrected chi connectivity index (χ2v) is 24.5. The predicted octanol–water partition coefficient (Wildman–Crippen LogP) is 3.90. The Morgan fingerprint density at radius 2 is 1.30 bits per heavy atom. The van der Waals surface area contributed by atoms with Gasteiger partial charge in [-0.2, -0.15) is 23.5 Å². The first kappa shape index (κ1) is 64.6. The summed E-state index contributed by atoms with van der Waals surface area (Å²) in [6.45, 7) is 6.56. The SMILES string of the molecule is C[C@@H]1NC(=O)CCSCc2cccc(c2)CSCCNC(=O)[C@]2(C)CCCN2C(=O)[C@H](Cc2ccc(O)cc2)NC(=O)[C@H](C)NC(=O)[C@@H]2C/C=C\COc3cccc(c3)C[C@@H](NC(=O)[C@@H](C)NC1=O)C(=O)N[C@@H](Cc1c[nH]c3ccc(F)cc13)C(=O)N2. The van der Waals surface area contributed by atoms with E-state index in [0.29, 0.717) is 75.7 Å². The van der Waals surface area contributed by atoms with E-state index in [9.17, 15) is 52.6 Å². The number of H-pyrrole nitrogens is 1. The molecule has 8 atom stereocenters. The molecule has 1 saturated heterocycles. The molecule has 10 N–H and O–H groups in total. The number of carbonyl (C=O) groups excluding carboxylic acids is 9. The monoisotopic (exact) mass is 1230 g/mol. The van der Waals surface area contributed by atoms with E-state index < -0.39 is 95.0 Å². The van der Waals surface area contributed by atoms with Crippen LogP contribution in [-0.2, 0) is 73.9 Å². The maximum Gasteiger partial charge on any atom is 0.246 e. The number of phenols is 1. The van der Waals surface area contributed by atoms with Crippen LogP contribution in [0.4, 0.5) is 4.39 Å². The summed E-state index contributed by atoms with van der Waals surface area (Å²) in [7, 11) is 0. The Kier molecular flexibility index (Phi) is 22.5. The standard InChI is InChI=1S/C63H75FN10O11S2/c1-37-55(77)68-38(2)56(78)71-51-31-41-10-8-13-47(29-41)85-25-6-5-14-50(70-60(82)52(72-59(51)81)32-44-34-66-49-20-17-45(64)33-48(44)49)58(80)69-39(3)57(79)73-53(30-40-15-18-46(75)19-16-40)61(83)74-24-9-22-63(74,4)62(84)65-23-27-87-36-43-12-7-11-42(28-43)35-86-26-21-54(76)67-37/h5-8,10-13,15-20,28-29,33-34,37-39,50-53,66,75H,9,14,21-27,30-32,35-36H2,1-4H3,(H,65,84)(H,67,76)(H,68,77)(H,69,80)(H,70,82)(H,71,78)(H,72,81)(H,73,79)/b6-5-/t37-,38+,39-,50-,51+,52-,53-,63-/m0/s1. The number of fused-ring (bicyclic) bond motifs is 12. The summed E-state index contributed by atoms with van der Waals surface area (Å²) in [6.07, 6.45) is 5.22. The Balaban J connectivity index is 1.09. The number of nitrogens with one attached hydrogen (secondary N) is 9. The fraction of sp³-hybridized carbons (Fsp3) is 0.413. The van der Waals surface area contributed by atoms with Crippen molar-refractivity contribution in [1.82, 2.24) is 52.4 Å². The van der Waals surface area contributed by atoms with Gasteiger partial charge in [0.1, 0.15) is 71.8 Å². The highest BCUT2D eigenvalue weighted by atomic mass is 32.2. The topological polar surface area (TPSA) is 298 Å². The van der Waals surface area contributed by atoms with Crippen LogP contribution in [0.1, 0.15) is 81.2 Å². The molecule has 0 unspecified atom stereocenters. The molecule has 462 valence electrons. The number of thioether (sulfide) groups is 2. The highest BCUT2D eigenvalue weighted by molar-refractivity contribution is 7.98. The van der Waals surface area contributed by atoms with Crippen molar-refractivity contribution in [3.05, 3.63) is 143 Å². The number of benzene rings is 4. The average molecular weight is 1230 g/mol. The number of aromatic amines is 1. The fourth-order valence-electron chi connectivity index (χ4n) is 10.5.